The van der Waals surface area contributed by atoms with Crippen LogP contribution in [0, 0.1) is 5.92 Å². The van der Waals surface area contributed by atoms with Crippen molar-refractivity contribution in [3.8, 4) is 5.13 Å². The lowest BCUT2D eigenvalue weighted by atomic mass is 9.96. The minimum atomic E-state index is 0.0480. The molecule has 134 valence electrons. The van der Waals surface area contributed by atoms with Gasteiger partial charge in [-0.25, -0.2) is 0 Å². The molecule has 0 radical (unpaired) electrons. The molecule has 0 saturated carbocycles. The van der Waals surface area contributed by atoms with Crippen LogP contribution in [0.5, 0.6) is 0 Å². The fraction of sp³-hybridized carbons (Fsp3) is 0.333. The Kier molecular flexibility index (Phi) is 4.92. The number of pyridine rings is 1. The average Bonchev–Trinajstić information content (AvgIpc) is 3.38. The number of piperidine rings is 1. The molecule has 0 bridgehead atoms. The van der Waals surface area contributed by atoms with Gasteiger partial charge in [0.25, 0.3) is 0 Å². The zero-order valence-corrected chi connectivity index (χ0v) is 15.1. The summed E-state index contributed by atoms with van der Waals surface area (Å²) >= 11 is 1.57. The van der Waals surface area contributed by atoms with Gasteiger partial charge < -0.3 is 10.2 Å². The number of rotatable bonds is 5. The molecular formula is C18H20N6OS. The van der Waals surface area contributed by atoms with Crippen molar-refractivity contribution in [3.05, 3.63) is 54.6 Å². The number of nitrogens with zero attached hydrogens (tertiary/aromatic N) is 5. The molecule has 0 aliphatic carbocycles. The van der Waals surface area contributed by atoms with Crippen LogP contribution in [-0.2, 0) is 11.3 Å². The number of hydrogen-bond acceptors (Lipinski definition) is 6. The molecule has 1 aliphatic heterocycles. The number of anilines is 1. The summed E-state index contributed by atoms with van der Waals surface area (Å²) < 4.78 is 1.96. The third-order valence-electron chi connectivity index (χ3n) is 4.54. The molecule has 0 spiro atoms. The number of amides is 1. The molecule has 1 amide bonds. The molecule has 0 atom stereocenters. The number of nitrogens with one attached hydrogen (secondary N) is 1. The first-order valence-electron chi connectivity index (χ1n) is 8.69. The Hall–Kier alpha value is -2.74. The standard InChI is InChI=1S/C18H20N6OS/c25-16(20-13-15-5-1-2-8-19-15)14-6-11-24(12-7-14)18-22-21-17(26-18)23-9-3-4-10-23/h1-5,8-10,14H,6-7,11-13H2,(H,20,25). The van der Waals surface area contributed by atoms with Gasteiger partial charge in [-0.05, 0) is 37.1 Å². The van der Waals surface area contributed by atoms with Gasteiger partial charge >= 0.3 is 0 Å². The molecule has 3 aromatic rings. The van der Waals surface area contributed by atoms with E-state index in [0.717, 1.165) is 41.9 Å². The first kappa shape index (κ1) is 16.7. The Morgan fingerprint density at radius 2 is 1.88 bits per heavy atom. The molecule has 1 fully saturated rings. The van der Waals surface area contributed by atoms with Gasteiger partial charge in [0.15, 0.2) is 0 Å². The van der Waals surface area contributed by atoms with Crippen LogP contribution in [0.15, 0.2) is 48.9 Å². The van der Waals surface area contributed by atoms with E-state index in [1.54, 1.807) is 17.5 Å². The maximum absolute atomic E-state index is 12.4. The SMILES string of the molecule is O=C(NCc1ccccn1)C1CCN(c2nnc(-n3cccc3)s2)CC1. The monoisotopic (exact) mass is 368 g/mol. The highest BCUT2D eigenvalue weighted by molar-refractivity contribution is 7.17. The summed E-state index contributed by atoms with van der Waals surface area (Å²) in [5.41, 5.74) is 0.879. The first-order chi connectivity index (χ1) is 12.8. The van der Waals surface area contributed by atoms with Crippen LogP contribution in [-0.4, -0.2) is 38.7 Å². The largest absolute Gasteiger partial charge is 0.350 e. The fourth-order valence-corrected chi connectivity index (χ4v) is 3.93. The van der Waals surface area contributed by atoms with E-state index in [2.05, 4.69) is 25.4 Å². The van der Waals surface area contributed by atoms with Crippen molar-refractivity contribution in [1.82, 2.24) is 25.1 Å². The van der Waals surface area contributed by atoms with Crippen LogP contribution in [0.4, 0.5) is 5.13 Å². The minimum absolute atomic E-state index is 0.0480. The molecular weight excluding hydrogens is 348 g/mol. The predicted octanol–water partition coefficient (Wildman–Crippen LogP) is 2.26. The second kappa shape index (κ2) is 7.65. The summed E-state index contributed by atoms with van der Waals surface area (Å²) in [4.78, 5) is 18.8. The van der Waals surface area contributed by atoms with Gasteiger partial charge in [-0.3, -0.25) is 14.3 Å². The Bertz CT molecular complexity index is 840. The minimum Gasteiger partial charge on any atom is -0.350 e. The van der Waals surface area contributed by atoms with E-state index >= 15 is 0 Å². The summed E-state index contributed by atoms with van der Waals surface area (Å²) in [5, 5.41) is 13.3. The molecule has 4 rings (SSSR count). The number of aromatic nitrogens is 4. The molecule has 4 heterocycles. The van der Waals surface area contributed by atoms with Gasteiger partial charge in [-0.2, -0.15) is 0 Å². The van der Waals surface area contributed by atoms with Gasteiger partial charge in [0.1, 0.15) is 0 Å². The zero-order valence-electron chi connectivity index (χ0n) is 14.3. The van der Waals surface area contributed by atoms with Crippen molar-refractivity contribution in [1.29, 1.82) is 0 Å². The average molecular weight is 368 g/mol. The maximum atomic E-state index is 12.4. The summed E-state index contributed by atoms with van der Waals surface area (Å²) in [6.07, 6.45) is 7.31. The Morgan fingerprint density at radius 3 is 2.62 bits per heavy atom. The number of carbonyl (C=O) groups excluding carboxylic acids is 1. The van der Waals surface area contributed by atoms with Crippen molar-refractivity contribution < 1.29 is 4.79 Å². The van der Waals surface area contributed by atoms with Crippen molar-refractivity contribution in [2.45, 2.75) is 19.4 Å². The molecule has 8 heteroatoms. The van der Waals surface area contributed by atoms with Crippen LogP contribution in [0.1, 0.15) is 18.5 Å². The maximum Gasteiger partial charge on any atom is 0.223 e. The van der Waals surface area contributed by atoms with E-state index < -0.39 is 0 Å². The van der Waals surface area contributed by atoms with E-state index in [1.165, 1.54) is 0 Å². The topological polar surface area (TPSA) is 75.9 Å². The lowest BCUT2D eigenvalue weighted by Gasteiger charge is -2.30. The third-order valence-corrected chi connectivity index (χ3v) is 5.53. The number of carbonyl (C=O) groups is 1. The molecule has 3 aromatic heterocycles. The van der Waals surface area contributed by atoms with Gasteiger partial charge in [-0.1, -0.05) is 17.4 Å². The van der Waals surface area contributed by atoms with Crippen LogP contribution >= 0.6 is 11.3 Å². The van der Waals surface area contributed by atoms with Crippen molar-refractivity contribution in [3.63, 3.8) is 0 Å². The quantitative estimate of drug-likeness (QED) is 0.748. The molecule has 1 aliphatic rings. The van der Waals surface area contributed by atoms with Gasteiger partial charge in [0, 0.05) is 37.6 Å². The van der Waals surface area contributed by atoms with E-state index in [1.807, 2.05) is 47.3 Å². The molecule has 0 unspecified atom stereocenters. The highest BCUT2D eigenvalue weighted by Gasteiger charge is 2.26. The summed E-state index contributed by atoms with van der Waals surface area (Å²) in [6, 6.07) is 9.65. The second-order valence-electron chi connectivity index (χ2n) is 6.26. The van der Waals surface area contributed by atoms with E-state index in [-0.39, 0.29) is 11.8 Å². The smallest absolute Gasteiger partial charge is 0.223 e. The summed E-state index contributed by atoms with van der Waals surface area (Å²) in [5.74, 6) is 0.160. The summed E-state index contributed by atoms with van der Waals surface area (Å²) in [7, 11) is 0. The Balaban J connectivity index is 1.29. The van der Waals surface area contributed by atoms with Crippen LogP contribution in [0.3, 0.4) is 0 Å². The molecule has 0 aromatic carbocycles. The van der Waals surface area contributed by atoms with Crippen LogP contribution in [0.2, 0.25) is 0 Å². The van der Waals surface area contributed by atoms with E-state index in [0.29, 0.717) is 6.54 Å². The Labute approximate surface area is 155 Å². The predicted molar refractivity (Wildman–Crippen MR) is 100 cm³/mol. The summed E-state index contributed by atoms with van der Waals surface area (Å²) in [6.45, 7) is 2.13. The van der Waals surface area contributed by atoms with Gasteiger partial charge in [0.05, 0.1) is 12.2 Å². The highest BCUT2D eigenvalue weighted by Crippen LogP contribution is 2.27. The van der Waals surface area contributed by atoms with Gasteiger partial charge in [0.2, 0.25) is 16.2 Å². The lowest BCUT2D eigenvalue weighted by molar-refractivity contribution is -0.125. The number of hydrogen-bond donors (Lipinski definition) is 1. The molecule has 26 heavy (non-hydrogen) atoms. The van der Waals surface area contributed by atoms with Crippen molar-refractivity contribution >= 4 is 22.4 Å². The van der Waals surface area contributed by atoms with Gasteiger partial charge in [-0.15, -0.1) is 10.2 Å². The van der Waals surface area contributed by atoms with E-state index in [9.17, 15) is 4.79 Å². The first-order valence-corrected chi connectivity index (χ1v) is 9.50. The van der Waals surface area contributed by atoms with Crippen molar-refractivity contribution in [2.75, 3.05) is 18.0 Å². The normalized spacial score (nSPS) is 15.2. The van der Waals surface area contributed by atoms with E-state index in [4.69, 9.17) is 0 Å². The fourth-order valence-electron chi connectivity index (χ4n) is 3.06. The lowest BCUT2D eigenvalue weighted by Crippen LogP contribution is -2.40. The molecule has 1 N–H and O–H groups in total. The molecule has 7 nitrogen and oxygen atoms in total. The zero-order chi connectivity index (χ0) is 17.8. The second-order valence-corrected chi connectivity index (χ2v) is 7.19. The molecule has 1 saturated heterocycles. The highest BCUT2D eigenvalue weighted by atomic mass is 32.1. The third kappa shape index (κ3) is 3.75. The van der Waals surface area contributed by atoms with Crippen molar-refractivity contribution in [2.24, 2.45) is 5.92 Å². The van der Waals surface area contributed by atoms with Crippen LogP contribution < -0.4 is 10.2 Å². The van der Waals surface area contributed by atoms with Crippen LogP contribution in [0.25, 0.3) is 5.13 Å². The Morgan fingerprint density at radius 1 is 1.12 bits per heavy atom.